The van der Waals surface area contributed by atoms with Crippen molar-refractivity contribution >= 4 is 6.03 Å². The van der Waals surface area contributed by atoms with Crippen LogP contribution in [0.5, 0.6) is 0 Å². The summed E-state index contributed by atoms with van der Waals surface area (Å²) in [4.78, 5) is 16.0. The molecular weight excluding hydrogens is 295 g/mol. The summed E-state index contributed by atoms with van der Waals surface area (Å²) >= 11 is 0. The van der Waals surface area contributed by atoms with Crippen molar-refractivity contribution in [1.82, 2.24) is 15.6 Å². The van der Waals surface area contributed by atoms with E-state index in [0.29, 0.717) is 25.0 Å². The van der Waals surface area contributed by atoms with Crippen molar-refractivity contribution in [2.45, 2.75) is 51.4 Å². The second-order valence-corrected chi connectivity index (χ2v) is 5.63. The van der Waals surface area contributed by atoms with Gasteiger partial charge in [-0.2, -0.15) is 13.2 Å². The van der Waals surface area contributed by atoms with Gasteiger partial charge in [0, 0.05) is 12.2 Å². The van der Waals surface area contributed by atoms with Crippen LogP contribution in [0.25, 0.3) is 0 Å². The van der Waals surface area contributed by atoms with Gasteiger partial charge < -0.3 is 10.6 Å². The highest BCUT2D eigenvalue weighted by atomic mass is 19.4. The van der Waals surface area contributed by atoms with Gasteiger partial charge in [-0.1, -0.05) is 18.9 Å². The Morgan fingerprint density at radius 3 is 2.77 bits per heavy atom. The summed E-state index contributed by atoms with van der Waals surface area (Å²) < 4.78 is 38.9. The van der Waals surface area contributed by atoms with Crippen LogP contribution in [0.2, 0.25) is 0 Å². The fourth-order valence-electron chi connectivity index (χ4n) is 2.78. The van der Waals surface area contributed by atoms with E-state index >= 15 is 0 Å². The van der Waals surface area contributed by atoms with E-state index in [0.717, 1.165) is 5.56 Å². The number of carbonyl (C=O) groups is 1. The zero-order chi connectivity index (χ0) is 16.2. The maximum absolute atomic E-state index is 13.0. The molecule has 0 aromatic carbocycles. The molecule has 1 aliphatic rings. The van der Waals surface area contributed by atoms with Crippen LogP contribution in [0.3, 0.4) is 0 Å². The second kappa shape index (κ2) is 6.98. The molecule has 1 heterocycles. The van der Waals surface area contributed by atoms with Gasteiger partial charge in [0.25, 0.3) is 0 Å². The fraction of sp³-hybridized carbons (Fsp3) is 0.600. The summed E-state index contributed by atoms with van der Waals surface area (Å²) in [6.07, 6.45) is -0.958. The first-order valence-electron chi connectivity index (χ1n) is 7.39. The highest BCUT2D eigenvalue weighted by molar-refractivity contribution is 5.74. The normalized spacial score (nSPS) is 22.2. The van der Waals surface area contributed by atoms with Crippen LogP contribution >= 0.6 is 0 Å². The average Bonchev–Trinajstić information content (AvgIpc) is 2.46. The molecule has 22 heavy (non-hydrogen) atoms. The van der Waals surface area contributed by atoms with Crippen LogP contribution in [0, 0.1) is 12.8 Å². The van der Waals surface area contributed by atoms with Crippen molar-refractivity contribution in [1.29, 1.82) is 0 Å². The first-order chi connectivity index (χ1) is 10.4. The Morgan fingerprint density at radius 1 is 1.36 bits per heavy atom. The number of urea groups is 1. The molecule has 0 bridgehead atoms. The number of hydrogen-bond donors (Lipinski definition) is 2. The number of amides is 2. The highest BCUT2D eigenvalue weighted by Crippen LogP contribution is 2.37. The Kier molecular flexibility index (Phi) is 5.26. The number of aromatic nitrogens is 1. The molecule has 2 amide bonds. The predicted molar refractivity (Wildman–Crippen MR) is 76.1 cm³/mol. The molecular formula is C15H20F3N3O. The molecule has 0 radical (unpaired) electrons. The summed E-state index contributed by atoms with van der Waals surface area (Å²) in [5.41, 5.74) is 1.63. The summed E-state index contributed by atoms with van der Waals surface area (Å²) in [6.45, 7) is 2.06. The molecule has 1 fully saturated rings. The minimum atomic E-state index is -4.27. The van der Waals surface area contributed by atoms with E-state index in [4.69, 9.17) is 0 Å². The van der Waals surface area contributed by atoms with Gasteiger partial charge >= 0.3 is 12.2 Å². The molecule has 0 saturated heterocycles. The Labute approximate surface area is 127 Å². The van der Waals surface area contributed by atoms with Crippen molar-refractivity contribution in [3.8, 4) is 0 Å². The van der Waals surface area contributed by atoms with Gasteiger partial charge in [0.2, 0.25) is 0 Å². The van der Waals surface area contributed by atoms with Gasteiger partial charge in [0.15, 0.2) is 0 Å². The van der Waals surface area contributed by atoms with Crippen LogP contribution in [0.15, 0.2) is 18.3 Å². The first-order valence-corrected chi connectivity index (χ1v) is 7.39. The first kappa shape index (κ1) is 16.6. The summed E-state index contributed by atoms with van der Waals surface area (Å²) in [6, 6.07) is 2.22. The third kappa shape index (κ3) is 4.35. The number of alkyl halides is 3. The number of aryl methyl sites for hydroxylation is 1. The van der Waals surface area contributed by atoms with E-state index in [-0.39, 0.29) is 13.0 Å². The summed E-state index contributed by atoms with van der Waals surface area (Å²) in [5.74, 6) is -1.46. The molecule has 1 aliphatic carbocycles. The largest absolute Gasteiger partial charge is 0.393 e. The molecule has 1 aromatic rings. The number of hydrogen-bond acceptors (Lipinski definition) is 2. The molecule has 4 nitrogen and oxygen atoms in total. The molecule has 2 atom stereocenters. The van der Waals surface area contributed by atoms with Crippen LogP contribution in [0.4, 0.5) is 18.0 Å². The number of rotatable bonds is 3. The molecule has 7 heteroatoms. The van der Waals surface area contributed by atoms with Gasteiger partial charge in [0.05, 0.1) is 18.2 Å². The van der Waals surface area contributed by atoms with Crippen molar-refractivity contribution in [3.05, 3.63) is 29.6 Å². The summed E-state index contributed by atoms with van der Waals surface area (Å²) in [7, 11) is 0. The highest BCUT2D eigenvalue weighted by Gasteiger charge is 2.45. The molecule has 2 N–H and O–H groups in total. The van der Waals surface area contributed by atoms with Crippen molar-refractivity contribution < 1.29 is 18.0 Å². The lowest BCUT2D eigenvalue weighted by Gasteiger charge is -2.33. The minimum Gasteiger partial charge on any atom is -0.335 e. The van der Waals surface area contributed by atoms with Gasteiger partial charge in [-0.3, -0.25) is 4.98 Å². The Morgan fingerprint density at radius 2 is 2.09 bits per heavy atom. The van der Waals surface area contributed by atoms with Gasteiger partial charge in [0.1, 0.15) is 0 Å². The van der Waals surface area contributed by atoms with E-state index in [1.165, 1.54) is 0 Å². The zero-order valence-electron chi connectivity index (χ0n) is 12.4. The molecule has 2 rings (SSSR count). The van der Waals surface area contributed by atoms with Gasteiger partial charge in [-0.05, 0) is 31.4 Å². The van der Waals surface area contributed by atoms with E-state index in [2.05, 4.69) is 15.6 Å². The Bertz CT molecular complexity index is 519. The van der Waals surface area contributed by atoms with Crippen LogP contribution in [0.1, 0.15) is 36.9 Å². The molecule has 1 saturated carbocycles. The lowest BCUT2D eigenvalue weighted by atomic mass is 9.84. The monoisotopic (exact) mass is 315 g/mol. The maximum atomic E-state index is 13.0. The topological polar surface area (TPSA) is 54.0 Å². The van der Waals surface area contributed by atoms with Crippen molar-refractivity contribution in [2.24, 2.45) is 5.92 Å². The van der Waals surface area contributed by atoms with Crippen LogP contribution in [-0.4, -0.2) is 23.2 Å². The van der Waals surface area contributed by atoms with E-state index in [9.17, 15) is 18.0 Å². The number of pyridine rings is 1. The number of halogens is 3. The molecule has 1 aromatic heterocycles. The zero-order valence-corrected chi connectivity index (χ0v) is 12.4. The third-order valence-electron chi connectivity index (χ3n) is 4.04. The third-order valence-corrected chi connectivity index (χ3v) is 4.04. The second-order valence-electron chi connectivity index (χ2n) is 5.63. The number of nitrogens with zero attached hydrogens (tertiary/aromatic N) is 1. The SMILES string of the molecule is Cc1cccnc1CNC(=O)N[C@@H]1CCCC[C@@H]1C(F)(F)F. The minimum absolute atomic E-state index is 0.0772. The van der Waals surface area contributed by atoms with Crippen molar-refractivity contribution in [2.75, 3.05) is 0 Å². The standard InChI is InChI=1S/C15H20F3N3O/c1-10-5-4-8-19-13(10)9-20-14(22)21-12-7-3-2-6-11(12)15(16,17)18/h4-5,8,11-12H,2-3,6-7,9H2,1H3,(H2,20,21,22)/t11-,12+/m0/s1. The lowest BCUT2D eigenvalue weighted by Crippen LogP contribution is -2.50. The van der Waals surface area contributed by atoms with E-state index in [1.807, 2.05) is 13.0 Å². The molecule has 0 aliphatic heterocycles. The molecule has 0 spiro atoms. The van der Waals surface area contributed by atoms with Gasteiger partial charge in [-0.25, -0.2) is 4.79 Å². The Hall–Kier alpha value is -1.79. The number of carbonyl (C=O) groups excluding carboxylic acids is 1. The van der Waals surface area contributed by atoms with Crippen LogP contribution < -0.4 is 10.6 Å². The van der Waals surface area contributed by atoms with Crippen molar-refractivity contribution in [3.63, 3.8) is 0 Å². The van der Waals surface area contributed by atoms with Gasteiger partial charge in [-0.15, -0.1) is 0 Å². The predicted octanol–water partition coefficient (Wildman–Crippen LogP) is 3.31. The van der Waals surface area contributed by atoms with Crippen LogP contribution in [-0.2, 0) is 6.54 Å². The van der Waals surface area contributed by atoms with E-state index < -0.39 is 24.2 Å². The lowest BCUT2D eigenvalue weighted by molar-refractivity contribution is -0.187. The maximum Gasteiger partial charge on any atom is 0.393 e. The average molecular weight is 315 g/mol. The fourth-order valence-corrected chi connectivity index (χ4v) is 2.78. The Balaban J connectivity index is 1.89. The number of nitrogens with one attached hydrogen (secondary N) is 2. The molecule has 122 valence electrons. The van der Waals surface area contributed by atoms with E-state index in [1.54, 1.807) is 12.3 Å². The quantitative estimate of drug-likeness (QED) is 0.899. The summed E-state index contributed by atoms with van der Waals surface area (Å²) in [5, 5.41) is 5.05. The molecule has 0 unspecified atom stereocenters. The smallest absolute Gasteiger partial charge is 0.335 e.